The Hall–Kier alpha value is -4.53. The number of aromatic nitrogens is 1. The maximum absolute atomic E-state index is 13.9. The molecule has 0 saturated carbocycles. The molecule has 1 fully saturated rings. The van der Waals surface area contributed by atoms with Crippen LogP contribution in [-0.2, 0) is 24.1 Å². The van der Waals surface area contributed by atoms with Gasteiger partial charge in [-0.25, -0.2) is 13.5 Å². The first-order valence-corrected chi connectivity index (χ1v) is 18.4. The van der Waals surface area contributed by atoms with Crippen molar-refractivity contribution in [2.45, 2.75) is 63.5 Å². The van der Waals surface area contributed by atoms with E-state index in [1.807, 2.05) is 91.8 Å². The largest absolute Gasteiger partial charge is 0.493 e. The average molecular weight is 707 g/mol. The SMILES string of the molecule is COc1ccc(C#Cc2cccc(-c3nc(C(=O)N[C@@H]4CCN(Cc5ccccc5)C4)cc4c3[C@@H](CCO)N(S(=O)C(C)(C)C)C4)c2)cc1OC. The van der Waals surface area contributed by atoms with Gasteiger partial charge in [0.05, 0.1) is 30.7 Å². The average Bonchev–Trinajstić information content (AvgIpc) is 3.73. The number of aliphatic hydroxyl groups excluding tert-OH is 1. The first-order chi connectivity index (χ1) is 24.6. The highest BCUT2D eigenvalue weighted by Gasteiger charge is 2.40. The van der Waals surface area contributed by atoms with Crippen LogP contribution in [0, 0.1) is 11.8 Å². The summed E-state index contributed by atoms with van der Waals surface area (Å²) in [6.07, 6.45) is 1.24. The third-order valence-electron chi connectivity index (χ3n) is 9.25. The lowest BCUT2D eigenvalue weighted by Crippen LogP contribution is -2.37. The highest BCUT2D eigenvalue weighted by Crippen LogP contribution is 2.44. The molecule has 266 valence electrons. The molecule has 2 aliphatic heterocycles. The van der Waals surface area contributed by atoms with Crippen LogP contribution in [0.4, 0.5) is 0 Å². The van der Waals surface area contributed by atoms with Crippen LogP contribution in [0.1, 0.15) is 78.0 Å². The Morgan fingerprint density at radius 1 is 0.980 bits per heavy atom. The molecule has 2 N–H and O–H groups in total. The fourth-order valence-corrected chi connectivity index (χ4v) is 8.20. The molecule has 6 rings (SSSR count). The molecule has 3 atom stereocenters. The van der Waals surface area contributed by atoms with E-state index in [1.165, 1.54) is 5.56 Å². The second kappa shape index (κ2) is 15.8. The number of rotatable bonds is 10. The standard InChI is InChI=1S/C41H46N4O5S/c1-41(2,3)51(48)45-26-32-24-34(40(47)42-33-18-20-44(27-33)25-30-10-7-6-8-11-30)43-39(38(32)35(45)19-21-46)31-13-9-12-28(22-31)14-15-29-16-17-36(49-4)37(23-29)50-5/h6-13,16-17,22-24,33,35,46H,18-21,25-27H2,1-5H3,(H,42,47)/t33-,35-,51?/m1/s1. The minimum atomic E-state index is -1.36. The van der Waals surface area contributed by atoms with Crippen LogP contribution in [0.25, 0.3) is 11.3 Å². The highest BCUT2D eigenvalue weighted by molar-refractivity contribution is 7.84. The number of benzene rings is 3. The lowest BCUT2D eigenvalue weighted by atomic mass is 9.95. The molecule has 1 aromatic heterocycles. The number of amides is 1. The van der Waals surface area contributed by atoms with E-state index in [2.05, 4.69) is 34.2 Å². The zero-order valence-corrected chi connectivity index (χ0v) is 30.8. The summed E-state index contributed by atoms with van der Waals surface area (Å²) in [6.45, 7) is 8.64. The number of nitrogens with one attached hydrogen (secondary N) is 1. The molecule has 9 nitrogen and oxygen atoms in total. The summed E-state index contributed by atoms with van der Waals surface area (Å²) >= 11 is 0. The van der Waals surface area contributed by atoms with Crippen molar-refractivity contribution in [2.24, 2.45) is 0 Å². The Bertz CT molecular complexity index is 1970. The van der Waals surface area contributed by atoms with Crippen LogP contribution in [-0.4, -0.2) is 74.1 Å². The van der Waals surface area contributed by atoms with Crippen LogP contribution >= 0.6 is 0 Å². The van der Waals surface area contributed by atoms with Gasteiger partial charge < -0.3 is 19.9 Å². The summed E-state index contributed by atoms with van der Waals surface area (Å²) in [5.41, 5.74) is 6.31. The zero-order chi connectivity index (χ0) is 36.1. The molecule has 1 amide bonds. The van der Waals surface area contributed by atoms with E-state index in [0.29, 0.717) is 35.9 Å². The molecule has 51 heavy (non-hydrogen) atoms. The fraction of sp³-hybridized carbons (Fsp3) is 0.366. The van der Waals surface area contributed by atoms with Crippen molar-refractivity contribution in [2.75, 3.05) is 33.9 Å². The smallest absolute Gasteiger partial charge is 0.270 e. The Balaban J connectivity index is 1.34. The molecule has 10 heteroatoms. The van der Waals surface area contributed by atoms with Gasteiger partial charge in [-0.05, 0) is 81.1 Å². The van der Waals surface area contributed by atoms with E-state index >= 15 is 0 Å². The molecule has 0 aliphatic carbocycles. The van der Waals surface area contributed by atoms with E-state index < -0.39 is 15.7 Å². The van der Waals surface area contributed by atoms with Gasteiger partial charge in [0.25, 0.3) is 5.91 Å². The fourth-order valence-electron chi connectivity index (χ4n) is 6.80. The minimum absolute atomic E-state index is 0.00179. The maximum Gasteiger partial charge on any atom is 0.270 e. The number of carbonyl (C=O) groups is 1. The van der Waals surface area contributed by atoms with Crippen LogP contribution in [0.15, 0.2) is 78.9 Å². The Morgan fingerprint density at radius 3 is 2.43 bits per heavy atom. The van der Waals surface area contributed by atoms with Crippen molar-refractivity contribution < 1.29 is 23.6 Å². The van der Waals surface area contributed by atoms with E-state index in [9.17, 15) is 14.1 Å². The molecule has 1 saturated heterocycles. The molecule has 4 aromatic rings. The topological polar surface area (TPSA) is 104 Å². The number of likely N-dealkylation sites (tertiary alicyclic amines) is 1. The first-order valence-electron chi connectivity index (χ1n) is 17.3. The van der Waals surface area contributed by atoms with Crippen molar-refractivity contribution in [3.05, 3.63) is 112 Å². The number of fused-ring (bicyclic) bond motifs is 1. The summed E-state index contributed by atoms with van der Waals surface area (Å²) in [5.74, 6) is 7.48. The number of hydrogen-bond donors (Lipinski definition) is 2. The van der Waals surface area contributed by atoms with Crippen LogP contribution < -0.4 is 14.8 Å². The molecule has 2 aliphatic rings. The van der Waals surface area contributed by atoms with Gasteiger partial charge in [-0.1, -0.05) is 54.3 Å². The van der Waals surface area contributed by atoms with Crippen LogP contribution in [0.2, 0.25) is 0 Å². The number of aliphatic hydroxyl groups is 1. The van der Waals surface area contributed by atoms with Gasteiger partial charge in [0.2, 0.25) is 0 Å². The summed E-state index contributed by atoms with van der Waals surface area (Å²) in [4.78, 5) is 21.3. The number of hydrogen-bond acceptors (Lipinski definition) is 7. The molecule has 0 radical (unpaired) electrons. The van der Waals surface area contributed by atoms with E-state index in [4.69, 9.17) is 14.5 Å². The van der Waals surface area contributed by atoms with Crippen molar-refractivity contribution in [3.63, 3.8) is 0 Å². The molecule has 1 unspecified atom stereocenters. The zero-order valence-electron chi connectivity index (χ0n) is 29.9. The van der Waals surface area contributed by atoms with E-state index in [0.717, 1.165) is 53.9 Å². The molecule has 0 spiro atoms. The van der Waals surface area contributed by atoms with E-state index in [1.54, 1.807) is 14.2 Å². The summed E-state index contributed by atoms with van der Waals surface area (Å²) in [7, 11) is 1.82. The van der Waals surface area contributed by atoms with Crippen LogP contribution in [0.3, 0.4) is 0 Å². The minimum Gasteiger partial charge on any atom is -0.493 e. The Morgan fingerprint density at radius 2 is 1.73 bits per heavy atom. The number of carbonyl (C=O) groups excluding carboxylic acids is 1. The molecule has 3 heterocycles. The Kier molecular flexibility index (Phi) is 11.2. The van der Waals surface area contributed by atoms with Gasteiger partial charge in [0.15, 0.2) is 11.5 Å². The molecular formula is C41H46N4O5S. The predicted molar refractivity (Wildman–Crippen MR) is 201 cm³/mol. The molecular weight excluding hydrogens is 661 g/mol. The molecule has 0 bridgehead atoms. The normalized spacial score (nSPS) is 18.1. The summed E-state index contributed by atoms with van der Waals surface area (Å²) < 4.78 is 26.1. The third kappa shape index (κ3) is 8.35. The third-order valence-corrected chi connectivity index (χ3v) is 11.1. The maximum atomic E-state index is 13.9. The Labute approximate surface area is 303 Å². The van der Waals surface area contributed by atoms with Crippen molar-refractivity contribution in [3.8, 4) is 34.6 Å². The van der Waals surface area contributed by atoms with Gasteiger partial charge >= 0.3 is 0 Å². The lowest BCUT2D eigenvalue weighted by Gasteiger charge is -2.30. The quantitative estimate of drug-likeness (QED) is 0.199. The summed E-state index contributed by atoms with van der Waals surface area (Å²) in [5, 5.41) is 13.4. The van der Waals surface area contributed by atoms with Gasteiger partial charge in [-0.2, -0.15) is 0 Å². The first kappa shape index (κ1) is 36.3. The number of pyridine rings is 1. The number of ether oxygens (including phenoxy) is 2. The van der Waals surface area contributed by atoms with Gasteiger partial charge in [-0.3, -0.25) is 9.69 Å². The van der Waals surface area contributed by atoms with E-state index in [-0.39, 0.29) is 24.6 Å². The predicted octanol–water partition coefficient (Wildman–Crippen LogP) is 5.87. The van der Waals surface area contributed by atoms with Gasteiger partial charge in [-0.15, -0.1) is 0 Å². The number of nitrogens with zero attached hydrogens (tertiary/aromatic N) is 3. The van der Waals surface area contributed by atoms with Gasteiger partial charge in [0, 0.05) is 61.1 Å². The summed E-state index contributed by atoms with van der Waals surface area (Å²) in [6, 6.07) is 25.2. The highest BCUT2D eigenvalue weighted by atomic mass is 32.2. The van der Waals surface area contributed by atoms with Crippen molar-refractivity contribution in [1.29, 1.82) is 0 Å². The van der Waals surface area contributed by atoms with Crippen molar-refractivity contribution in [1.82, 2.24) is 19.5 Å². The second-order valence-corrected chi connectivity index (χ2v) is 16.2. The van der Waals surface area contributed by atoms with Crippen molar-refractivity contribution >= 4 is 16.9 Å². The molecule has 3 aromatic carbocycles. The van der Waals surface area contributed by atoms with Crippen LogP contribution in [0.5, 0.6) is 11.5 Å². The van der Waals surface area contributed by atoms with Gasteiger partial charge in [0.1, 0.15) is 16.7 Å². The second-order valence-electron chi connectivity index (χ2n) is 14.0. The number of methoxy groups -OCH3 is 2. The lowest BCUT2D eigenvalue weighted by molar-refractivity contribution is 0.0932. The monoisotopic (exact) mass is 706 g/mol.